The van der Waals surface area contributed by atoms with Crippen molar-refractivity contribution in [2.24, 2.45) is 0 Å². The van der Waals surface area contributed by atoms with Gasteiger partial charge in [0.05, 0.1) is 0 Å². The van der Waals surface area contributed by atoms with Gasteiger partial charge in [0.25, 0.3) is 11.9 Å². The number of pyridine rings is 1. The molecular weight excluding hydrogens is 749 g/mol. The fraction of sp³-hybridized carbons (Fsp3) is 0.667. The molecule has 0 saturated heterocycles. The molecule has 1 rings (SSSR count). The minimum Gasteiger partial charge on any atom is -0.244 e. The van der Waals surface area contributed by atoms with Crippen LogP contribution in [0.25, 0.3) is 0 Å². The Morgan fingerprint density at radius 1 is 0.467 bits per heavy atom. The van der Waals surface area contributed by atoms with Crippen molar-refractivity contribution in [1.82, 2.24) is 4.98 Å². The molecule has 30 heteroatoms. The monoisotopic (exact) mass is 749 g/mol. The van der Waals surface area contributed by atoms with E-state index in [4.69, 9.17) is 0 Å². The third-order valence-corrected chi connectivity index (χ3v) is 5.79. The van der Waals surface area contributed by atoms with Crippen LogP contribution >= 0.6 is 0 Å². The van der Waals surface area contributed by atoms with E-state index in [9.17, 15) is 118 Å². The number of ether oxygens (including phenoxy) is 1. The molecule has 0 aromatic carbocycles. The first-order valence-corrected chi connectivity index (χ1v) is 10.7. The van der Waals surface area contributed by atoms with E-state index in [0.717, 1.165) is 4.74 Å². The molecule has 0 spiro atoms. The quantitative estimate of drug-likeness (QED) is 0.125. The molecule has 0 atom stereocenters. The van der Waals surface area contributed by atoms with Gasteiger partial charge >= 0.3 is 69.2 Å². The van der Waals surface area contributed by atoms with Crippen molar-refractivity contribution in [3.8, 4) is 0 Å². The second kappa shape index (κ2) is 10.4. The van der Waals surface area contributed by atoms with Gasteiger partial charge in [0.1, 0.15) is 5.56 Å². The van der Waals surface area contributed by atoms with Gasteiger partial charge in [-0.1, -0.05) is 3.89 Å². The van der Waals surface area contributed by atoms with Crippen molar-refractivity contribution in [2.45, 2.75) is 58.9 Å². The van der Waals surface area contributed by atoms with Gasteiger partial charge in [-0.2, -0.15) is 110 Å². The van der Waals surface area contributed by atoms with Gasteiger partial charge < -0.3 is 0 Å². The van der Waals surface area contributed by atoms with Crippen LogP contribution in [0.1, 0.15) is 5.56 Å². The Morgan fingerprint density at radius 3 is 1.07 bits per heavy atom. The van der Waals surface area contributed by atoms with Gasteiger partial charge in [0.2, 0.25) is 0 Å². The van der Waals surface area contributed by atoms with Crippen LogP contribution < -0.4 is 0 Å². The van der Waals surface area contributed by atoms with Gasteiger partial charge in [-0.25, -0.2) is 13.5 Å². The van der Waals surface area contributed by atoms with E-state index in [1.54, 1.807) is 0 Å². The summed E-state index contributed by atoms with van der Waals surface area (Å²) in [6.45, 7) is 0. The average molecular weight is 749 g/mol. The van der Waals surface area contributed by atoms with Crippen LogP contribution in [0.4, 0.5) is 109 Å². The highest BCUT2D eigenvalue weighted by Gasteiger charge is 2.96. The highest BCUT2D eigenvalue weighted by atomic mass is 32.3. The van der Waals surface area contributed by atoms with Gasteiger partial charge in [0, 0.05) is 0 Å². The second-order valence-electron chi connectivity index (χ2n) is 7.81. The van der Waals surface area contributed by atoms with E-state index in [2.05, 4.69) is 0 Å². The first kappa shape index (κ1) is 40.3. The lowest BCUT2D eigenvalue weighted by Crippen LogP contribution is -2.75. The van der Waals surface area contributed by atoms with Crippen molar-refractivity contribution < 1.29 is 122 Å². The van der Waals surface area contributed by atoms with Crippen molar-refractivity contribution in [1.29, 1.82) is 0 Å². The maximum Gasteiger partial charge on any atom is 0.464 e. The molecule has 264 valence electrons. The predicted octanol–water partition coefficient (Wildman–Crippen LogP) is 7.64. The summed E-state index contributed by atoms with van der Waals surface area (Å²) in [4.78, 5) is 1.38. The number of halogens is 25. The number of aromatic nitrogens is 1. The number of hydrogen-bond donors (Lipinski definition) is 0. The van der Waals surface area contributed by atoms with E-state index in [0.29, 0.717) is 0 Å². The van der Waals surface area contributed by atoms with Crippen LogP contribution in [0.15, 0.2) is 0 Å². The smallest absolute Gasteiger partial charge is 0.244 e. The fourth-order valence-electron chi connectivity index (χ4n) is 2.51. The lowest BCUT2D eigenvalue weighted by molar-refractivity contribution is -0.504. The molecule has 1 aromatic heterocycles. The van der Waals surface area contributed by atoms with Crippen LogP contribution in [0.2, 0.25) is 0 Å². The zero-order chi connectivity index (χ0) is 36.8. The molecule has 45 heavy (non-hydrogen) atoms. The summed E-state index contributed by atoms with van der Waals surface area (Å²) in [7, 11) is -8.35. The minimum absolute atomic E-state index is 0.929. The average Bonchev–Trinajstić information content (AvgIpc) is 2.80. The Hall–Kier alpha value is -2.69. The maximum atomic E-state index is 14.0. The number of nitrogens with zero attached hydrogens (tertiary/aromatic N) is 1. The highest BCUT2D eigenvalue weighted by Crippen LogP contribution is 2.65. The van der Waals surface area contributed by atoms with E-state index >= 15 is 0 Å². The molecule has 1 aromatic rings. The number of alkyl halides is 20. The van der Waals surface area contributed by atoms with Crippen LogP contribution in [-0.2, 0) is 20.9 Å². The number of hydrogen-bond acceptors (Lipinski definition) is 4. The number of rotatable bonds is 12. The summed E-state index contributed by atoms with van der Waals surface area (Å²) in [5.41, 5.74) is -4.45. The van der Waals surface area contributed by atoms with Crippen molar-refractivity contribution in [2.75, 3.05) is 0 Å². The second-order valence-corrected chi connectivity index (χ2v) is 9.20. The summed E-state index contributed by atoms with van der Waals surface area (Å²) in [6.07, 6.45) is -16.8. The van der Waals surface area contributed by atoms with Crippen molar-refractivity contribution >= 4 is 10.2 Å². The molecule has 0 saturated carbocycles. The third kappa shape index (κ3) is 5.25. The first-order valence-electron chi connectivity index (χ1n) is 9.33. The van der Waals surface area contributed by atoms with Crippen LogP contribution in [0.3, 0.4) is 0 Å². The SMILES string of the molecule is O=S(=O)(F)C(F)(F)C(F)(F)OC(F)(F)C(F)(F)C(F)(F)C(F)(F)C(F)(F)C(F)(F)C(F)(F)C(F)(F)c1c(F)c(F)nc(F)c1F. The lowest BCUT2D eigenvalue weighted by Gasteiger charge is -2.43. The van der Waals surface area contributed by atoms with Crippen molar-refractivity contribution in [3.05, 3.63) is 29.1 Å². The molecule has 0 unspecified atom stereocenters. The van der Waals surface area contributed by atoms with E-state index in [1.165, 1.54) is 4.98 Å². The Morgan fingerprint density at radius 2 is 0.756 bits per heavy atom. The largest absolute Gasteiger partial charge is 0.464 e. The van der Waals surface area contributed by atoms with E-state index < -0.39 is 98.2 Å². The summed E-state index contributed by atoms with van der Waals surface area (Å²) in [6, 6.07) is 0. The molecule has 0 bridgehead atoms. The Bertz CT molecular complexity index is 1390. The molecule has 1 heterocycles. The standard InChI is InChI=1S/C15F25NO3S/c16-2-1(3(17)5(19)41-4(2)18)6(20,21)7(22,23)8(24,25)9(26,27)10(28,29)11(30,31)12(32,33)13(34,35)44-14(36,37)15(38,39)45(40,42)43. The molecule has 0 amide bonds. The van der Waals surface area contributed by atoms with Crippen LogP contribution in [0, 0.1) is 23.5 Å². The molecule has 4 nitrogen and oxygen atoms in total. The summed E-state index contributed by atoms with van der Waals surface area (Å²) in [5.74, 6) is -78.8. The molecule has 0 N–H and O–H groups in total. The molecule has 0 fully saturated rings. The summed E-state index contributed by atoms with van der Waals surface area (Å²) < 4.78 is 357. The summed E-state index contributed by atoms with van der Waals surface area (Å²) in [5, 5.41) is -7.88. The van der Waals surface area contributed by atoms with Gasteiger partial charge in [-0.3, -0.25) is 0 Å². The fourth-order valence-corrected chi connectivity index (χ4v) is 2.84. The Balaban J connectivity index is 3.90. The molecule has 0 aliphatic rings. The van der Waals surface area contributed by atoms with E-state index in [-0.39, 0.29) is 0 Å². The maximum absolute atomic E-state index is 14.0. The molecule has 0 aliphatic heterocycles. The third-order valence-electron chi connectivity index (χ3n) is 4.94. The molecule has 0 aliphatic carbocycles. The summed E-state index contributed by atoms with van der Waals surface area (Å²) >= 11 is 0. The topological polar surface area (TPSA) is 56.3 Å². The van der Waals surface area contributed by atoms with Gasteiger partial charge in [-0.15, -0.1) is 0 Å². The molecular formula is C15F25NO3S. The van der Waals surface area contributed by atoms with Crippen LogP contribution in [-0.4, -0.2) is 66.4 Å². The first-order chi connectivity index (χ1) is 19.2. The Labute approximate surface area is 226 Å². The lowest BCUT2D eigenvalue weighted by atomic mass is 9.87. The van der Waals surface area contributed by atoms with Crippen LogP contribution in [0.5, 0.6) is 0 Å². The van der Waals surface area contributed by atoms with Gasteiger partial charge in [-0.05, 0) is 0 Å². The molecule has 0 radical (unpaired) electrons. The van der Waals surface area contributed by atoms with Crippen molar-refractivity contribution in [3.63, 3.8) is 0 Å². The minimum atomic E-state index is -9.50. The normalized spacial score (nSPS) is 15.9. The van der Waals surface area contributed by atoms with Gasteiger partial charge in [0.15, 0.2) is 11.6 Å². The Kier molecular flexibility index (Phi) is 9.33. The predicted molar refractivity (Wildman–Crippen MR) is 83.6 cm³/mol. The van der Waals surface area contributed by atoms with E-state index in [1.807, 2.05) is 0 Å². The zero-order valence-electron chi connectivity index (χ0n) is 19.0. The highest BCUT2D eigenvalue weighted by molar-refractivity contribution is 7.87. The zero-order valence-corrected chi connectivity index (χ0v) is 19.8.